The van der Waals surface area contributed by atoms with Crippen molar-refractivity contribution in [2.75, 3.05) is 5.32 Å². The van der Waals surface area contributed by atoms with Gasteiger partial charge in [-0.05, 0) is 31.0 Å². The number of benzene rings is 1. The first kappa shape index (κ1) is 15.3. The molecular weight excluding hydrogens is 268 g/mol. The Kier molecular flexibility index (Phi) is 5.16. The number of carbonyl (C=O) groups is 1. The van der Waals surface area contributed by atoms with Gasteiger partial charge in [-0.3, -0.25) is 0 Å². The van der Waals surface area contributed by atoms with Crippen LogP contribution in [0.5, 0.6) is 0 Å². The molecule has 0 saturated heterocycles. The van der Waals surface area contributed by atoms with Crippen molar-refractivity contribution in [1.82, 2.24) is 0 Å². The fraction of sp³-hybridized carbons (Fsp3) is 0.385. The number of nitriles is 1. The van der Waals surface area contributed by atoms with Gasteiger partial charge in [0.2, 0.25) is 0 Å². The van der Waals surface area contributed by atoms with Crippen LogP contribution in [0.2, 0.25) is 5.02 Å². The van der Waals surface area contributed by atoms with Crippen LogP contribution in [0, 0.1) is 18.3 Å². The lowest BCUT2D eigenvalue weighted by atomic mass is 10.1. The van der Waals surface area contributed by atoms with Crippen molar-refractivity contribution in [3.63, 3.8) is 0 Å². The second-order valence-electron chi connectivity index (χ2n) is 4.15. The molecule has 0 aliphatic carbocycles. The molecule has 5 nitrogen and oxygen atoms in total. The topological polar surface area (TPSA) is 93.4 Å². The zero-order valence-electron chi connectivity index (χ0n) is 10.6. The van der Waals surface area contributed by atoms with Gasteiger partial charge in [0.1, 0.15) is 6.07 Å². The Labute approximate surface area is 116 Å². The quantitative estimate of drug-likeness (QED) is 0.769. The molecule has 0 radical (unpaired) electrons. The summed E-state index contributed by atoms with van der Waals surface area (Å²) in [6.07, 6.45) is -0.696. The predicted molar refractivity (Wildman–Crippen MR) is 72.2 cm³/mol. The number of anilines is 1. The zero-order chi connectivity index (χ0) is 14.6. The number of aliphatic hydroxyl groups is 1. The van der Waals surface area contributed by atoms with Gasteiger partial charge < -0.3 is 15.5 Å². The summed E-state index contributed by atoms with van der Waals surface area (Å²) in [5.41, 5.74) is 1.40. The highest BCUT2D eigenvalue weighted by Crippen LogP contribution is 2.27. The molecular formula is C13H15ClN2O3. The molecule has 0 aliphatic heterocycles. The van der Waals surface area contributed by atoms with Crippen LogP contribution < -0.4 is 5.32 Å². The Morgan fingerprint density at radius 2 is 2.21 bits per heavy atom. The van der Waals surface area contributed by atoms with Gasteiger partial charge in [-0.1, -0.05) is 18.5 Å². The maximum atomic E-state index is 11.1. The van der Waals surface area contributed by atoms with Gasteiger partial charge in [-0.2, -0.15) is 5.26 Å². The lowest BCUT2D eigenvalue weighted by molar-refractivity contribution is -0.140. The third-order valence-electron chi connectivity index (χ3n) is 2.89. The van der Waals surface area contributed by atoms with Gasteiger partial charge in [-0.25, -0.2) is 4.79 Å². The van der Waals surface area contributed by atoms with Crippen LogP contribution in [0.1, 0.15) is 24.5 Å². The van der Waals surface area contributed by atoms with Gasteiger partial charge >= 0.3 is 5.97 Å². The molecule has 3 N–H and O–H groups in total. The summed E-state index contributed by atoms with van der Waals surface area (Å²) in [6, 6.07) is 3.92. The van der Waals surface area contributed by atoms with E-state index in [0.29, 0.717) is 23.2 Å². The smallest absolute Gasteiger partial charge is 0.328 e. The van der Waals surface area contributed by atoms with E-state index in [1.165, 1.54) is 6.07 Å². The third kappa shape index (κ3) is 3.37. The summed E-state index contributed by atoms with van der Waals surface area (Å²) in [7, 11) is 0. The Balaban J connectivity index is 3.08. The number of carboxylic acid groups (broad SMARTS) is 1. The molecule has 0 aliphatic rings. The lowest BCUT2D eigenvalue weighted by Crippen LogP contribution is -2.40. The summed E-state index contributed by atoms with van der Waals surface area (Å²) in [5, 5.41) is 30.6. The van der Waals surface area contributed by atoms with E-state index in [9.17, 15) is 9.90 Å². The number of aliphatic hydroxyl groups excluding tert-OH is 1. The van der Waals surface area contributed by atoms with Crippen molar-refractivity contribution in [2.24, 2.45) is 0 Å². The third-order valence-corrected chi connectivity index (χ3v) is 3.37. The highest BCUT2D eigenvalue weighted by atomic mass is 35.5. The van der Waals surface area contributed by atoms with E-state index in [1.807, 2.05) is 6.07 Å². The molecule has 1 aromatic carbocycles. The van der Waals surface area contributed by atoms with Gasteiger partial charge in [0.25, 0.3) is 0 Å². The zero-order valence-corrected chi connectivity index (χ0v) is 11.4. The number of aliphatic carboxylic acids is 1. The molecule has 0 unspecified atom stereocenters. The fourth-order valence-corrected chi connectivity index (χ4v) is 1.86. The standard InChI is InChI=1S/C13H15ClN2O3/c1-3-10(17)12(13(18)19)16-9-5-4-8(6-15)11(14)7(9)2/h4-5,10,12,16-17H,3H2,1-2H3,(H,18,19)/t10-,12+/m0/s1. The molecule has 2 atom stereocenters. The summed E-state index contributed by atoms with van der Waals surface area (Å²) in [6.45, 7) is 3.38. The molecule has 0 amide bonds. The second kappa shape index (κ2) is 6.41. The van der Waals surface area contributed by atoms with Gasteiger partial charge in [-0.15, -0.1) is 0 Å². The largest absolute Gasteiger partial charge is 0.480 e. The van der Waals surface area contributed by atoms with E-state index < -0.39 is 18.1 Å². The minimum atomic E-state index is -1.14. The summed E-state index contributed by atoms with van der Waals surface area (Å²) < 4.78 is 0. The van der Waals surface area contributed by atoms with Crippen LogP contribution in [0.3, 0.4) is 0 Å². The normalized spacial score (nSPS) is 13.4. The number of halogens is 1. The molecule has 0 fully saturated rings. The summed E-state index contributed by atoms with van der Waals surface area (Å²) >= 11 is 6.00. The maximum Gasteiger partial charge on any atom is 0.328 e. The van der Waals surface area contributed by atoms with Crippen molar-refractivity contribution in [3.8, 4) is 6.07 Å². The van der Waals surface area contributed by atoms with Crippen LogP contribution in [0.25, 0.3) is 0 Å². The summed E-state index contributed by atoms with van der Waals surface area (Å²) in [5.74, 6) is -1.14. The highest BCUT2D eigenvalue weighted by Gasteiger charge is 2.25. The van der Waals surface area contributed by atoms with Crippen LogP contribution in [-0.4, -0.2) is 28.3 Å². The van der Waals surface area contributed by atoms with Crippen molar-refractivity contribution in [3.05, 3.63) is 28.3 Å². The fourth-order valence-electron chi connectivity index (χ4n) is 1.65. The summed E-state index contributed by atoms with van der Waals surface area (Å²) in [4.78, 5) is 11.1. The molecule has 6 heteroatoms. The van der Waals surface area contributed by atoms with Crippen LogP contribution in [0.15, 0.2) is 12.1 Å². The Bertz CT molecular complexity index is 525. The average Bonchev–Trinajstić information content (AvgIpc) is 2.39. The van der Waals surface area contributed by atoms with E-state index in [0.717, 1.165) is 0 Å². The van der Waals surface area contributed by atoms with Crippen molar-refractivity contribution < 1.29 is 15.0 Å². The molecule has 0 bridgehead atoms. The van der Waals surface area contributed by atoms with Crippen LogP contribution in [0.4, 0.5) is 5.69 Å². The van der Waals surface area contributed by atoms with Crippen molar-refractivity contribution in [1.29, 1.82) is 5.26 Å². The molecule has 19 heavy (non-hydrogen) atoms. The Morgan fingerprint density at radius 3 is 2.68 bits per heavy atom. The van der Waals surface area contributed by atoms with Crippen molar-refractivity contribution in [2.45, 2.75) is 32.4 Å². The van der Waals surface area contributed by atoms with E-state index in [-0.39, 0.29) is 5.02 Å². The molecule has 0 spiro atoms. The monoisotopic (exact) mass is 282 g/mol. The van der Waals surface area contributed by atoms with Crippen LogP contribution in [-0.2, 0) is 4.79 Å². The van der Waals surface area contributed by atoms with E-state index in [4.69, 9.17) is 22.0 Å². The molecule has 0 heterocycles. The van der Waals surface area contributed by atoms with E-state index >= 15 is 0 Å². The molecule has 0 saturated carbocycles. The molecule has 102 valence electrons. The van der Waals surface area contributed by atoms with Gasteiger partial charge in [0.05, 0.1) is 16.7 Å². The number of hydrogen-bond acceptors (Lipinski definition) is 4. The minimum Gasteiger partial charge on any atom is -0.480 e. The first-order valence-electron chi connectivity index (χ1n) is 5.79. The first-order valence-corrected chi connectivity index (χ1v) is 6.16. The lowest BCUT2D eigenvalue weighted by Gasteiger charge is -2.22. The maximum absolute atomic E-state index is 11.1. The Hall–Kier alpha value is -1.77. The van der Waals surface area contributed by atoms with Gasteiger partial charge in [0, 0.05) is 5.69 Å². The molecule has 1 aromatic rings. The van der Waals surface area contributed by atoms with Crippen LogP contribution >= 0.6 is 11.6 Å². The average molecular weight is 283 g/mol. The molecule has 1 rings (SSSR count). The van der Waals surface area contributed by atoms with E-state index in [2.05, 4.69) is 5.32 Å². The SMILES string of the molecule is CC[C@H](O)[C@@H](Nc1ccc(C#N)c(Cl)c1C)C(=O)O. The number of rotatable bonds is 5. The number of carboxylic acids is 1. The number of nitrogens with zero attached hydrogens (tertiary/aromatic N) is 1. The minimum absolute atomic E-state index is 0.280. The molecule has 0 aromatic heterocycles. The van der Waals surface area contributed by atoms with Crippen molar-refractivity contribution >= 4 is 23.3 Å². The first-order chi connectivity index (χ1) is 8.92. The van der Waals surface area contributed by atoms with E-state index in [1.54, 1.807) is 19.9 Å². The second-order valence-corrected chi connectivity index (χ2v) is 4.53. The van der Waals surface area contributed by atoms with Gasteiger partial charge in [0.15, 0.2) is 6.04 Å². The predicted octanol–water partition coefficient (Wildman–Crippen LogP) is 2.16. The number of hydrogen-bond donors (Lipinski definition) is 3. The highest BCUT2D eigenvalue weighted by molar-refractivity contribution is 6.32. The number of nitrogens with one attached hydrogen (secondary N) is 1. The Morgan fingerprint density at radius 1 is 1.58 bits per heavy atom.